The number of amides is 1. The molecule has 0 bridgehead atoms. The van der Waals surface area contributed by atoms with Gasteiger partial charge in [-0.3, -0.25) is 9.59 Å². The Bertz CT molecular complexity index is 932. The first-order valence-corrected chi connectivity index (χ1v) is 12.2. The Morgan fingerprint density at radius 3 is 2.37 bits per heavy atom. The molecule has 0 radical (unpaired) electrons. The van der Waals surface area contributed by atoms with E-state index in [9.17, 15) is 18.0 Å². The van der Waals surface area contributed by atoms with Gasteiger partial charge in [-0.1, -0.05) is 48.0 Å². The molecule has 0 fully saturated rings. The van der Waals surface area contributed by atoms with Crippen LogP contribution in [0.1, 0.15) is 17.5 Å². The number of esters is 1. The molecule has 0 aromatic heterocycles. The Hall–Kier alpha value is -2.36. The van der Waals surface area contributed by atoms with E-state index in [4.69, 9.17) is 4.74 Å². The van der Waals surface area contributed by atoms with Gasteiger partial charge < -0.3 is 10.1 Å². The Morgan fingerprint density at radius 2 is 1.73 bits per heavy atom. The van der Waals surface area contributed by atoms with Crippen LogP contribution in [0.5, 0.6) is 0 Å². The summed E-state index contributed by atoms with van der Waals surface area (Å²) in [4.78, 5) is 24.5. The SMILES string of the molecule is CSCCC(NS(=O)(=O)c1ccccc1)C(=O)OCC(=O)NCc1ccc(C)cc1. The third-order valence-electron chi connectivity index (χ3n) is 4.20. The van der Waals surface area contributed by atoms with Crippen molar-refractivity contribution in [2.75, 3.05) is 18.6 Å². The van der Waals surface area contributed by atoms with E-state index >= 15 is 0 Å². The minimum absolute atomic E-state index is 0.0581. The molecule has 0 saturated heterocycles. The van der Waals surface area contributed by atoms with Crippen LogP contribution in [0, 0.1) is 6.92 Å². The molecule has 1 amide bonds. The van der Waals surface area contributed by atoms with E-state index in [1.54, 1.807) is 18.2 Å². The molecule has 2 rings (SSSR count). The lowest BCUT2D eigenvalue weighted by atomic mass is 10.1. The zero-order chi connectivity index (χ0) is 22.0. The summed E-state index contributed by atoms with van der Waals surface area (Å²) >= 11 is 1.48. The topological polar surface area (TPSA) is 102 Å². The van der Waals surface area contributed by atoms with Crippen LogP contribution < -0.4 is 10.0 Å². The van der Waals surface area contributed by atoms with Crippen molar-refractivity contribution in [2.24, 2.45) is 0 Å². The van der Waals surface area contributed by atoms with Gasteiger partial charge in [0.2, 0.25) is 10.0 Å². The van der Waals surface area contributed by atoms with Gasteiger partial charge in [0.25, 0.3) is 5.91 Å². The van der Waals surface area contributed by atoms with Crippen LogP contribution in [-0.2, 0) is 30.9 Å². The van der Waals surface area contributed by atoms with E-state index in [-0.39, 0.29) is 11.3 Å². The normalized spacial score (nSPS) is 12.2. The third kappa shape index (κ3) is 7.81. The van der Waals surface area contributed by atoms with E-state index in [1.807, 2.05) is 37.4 Å². The lowest BCUT2D eigenvalue weighted by Crippen LogP contribution is -2.43. The zero-order valence-electron chi connectivity index (χ0n) is 17.0. The van der Waals surface area contributed by atoms with Crippen molar-refractivity contribution < 1.29 is 22.7 Å². The average Bonchev–Trinajstić information content (AvgIpc) is 2.75. The highest BCUT2D eigenvalue weighted by Crippen LogP contribution is 2.11. The summed E-state index contributed by atoms with van der Waals surface area (Å²) in [6.07, 6.45) is 2.10. The molecule has 0 aliphatic heterocycles. The highest BCUT2D eigenvalue weighted by atomic mass is 32.2. The molecule has 0 aliphatic rings. The summed E-state index contributed by atoms with van der Waals surface area (Å²) < 4.78 is 32.5. The minimum atomic E-state index is -3.88. The van der Waals surface area contributed by atoms with Crippen LogP contribution >= 0.6 is 11.8 Å². The Balaban J connectivity index is 1.91. The minimum Gasteiger partial charge on any atom is -0.454 e. The van der Waals surface area contributed by atoms with Gasteiger partial charge >= 0.3 is 5.97 Å². The van der Waals surface area contributed by atoms with Gasteiger partial charge in [-0.05, 0) is 43.0 Å². The third-order valence-corrected chi connectivity index (χ3v) is 6.33. The maximum atomic E-state index is 12.5. The highest BCUT2D eigenvalue weighted by Gasteiger charge is 2.27. The summed E-state index contributed by atoms with van der Waals surface area (Å²) in [6, 6.07) is 14.4. The molecule has 0 aliphatic carbocycles. The second-order valence-corrected chi connectivity index (χ2v) is 9.34. The van der Waals surface area contributed by atoms with Gasteiger partial charge in [0, 0.05) is 6.54 Å². The van der Waals surface area contributed by atoms with Gasteiger partial charge in [0.05, 0.1) is 4.90 Å². The smallest absolute Gasteiger partial charge is 0.324 e. The molecule has 162 valence electrons. The van der Waals surface area contributed by atoms with Crippen molar-refractivity contribution in [2.45, 2.75) is 30.8 Å². The van der Waals surface area contributed by atoms with Crippen molar-refractivity contribution in [3.05, 3.63) is 65.7 Å². The average molecular weight is 451 g/mol. The fraction of sp³-hybridized carbons (Fsp3) is 0.333. The number of benzene rings is 2. The maximum absolute atomic E-state index is 12.5. The molecular formula is C21H26N2O5S2. The van der Waals surface area contributed by atoms with Crippen molar-refractivity contribution in [3.8, 4) is 0 Å². The Labute approximate surface area is 181 Å². The largest absolute Gasteiger partial charge is 0.454 e. The molecule has 30 heavy (non-hydrogen) atoms. The first kappa shape index (κ1) is 23.9. The number of sulfonamides is 1. The second kappa shape index (κ2) is 11.7. The monoisotopic (exact) mass is 450 g/mol. The van der Waals surface area contributed by atoms with E-state index in [1.165, 1.54) is 23.9 Å². The van der Waals surface area contributed by atoms with E-state index in [0.717, 1.165) is 11.1 Å². The predicted octanol–water partition coefficient (Wildman–Crippen LogP) is 2.25. The Kier molecular flexibility index (Phi) is 9.35. The fourth-order valence-electron chi connectivity index (χ4n) is 2.51. The maximum Gasteiger partial charge on any atom is 0.324 e. The number of rotatable bonds is 11. The summed E-state index contributed by atoms with van der Waals surface area (Å²) in [6.45, 7) is 1.81. The lowest BCUT2D eigenvalue weighted by molar-refractivity contribution is -0.150. The summed E-state index contributed by atoms with van der Waals surface area (Å²) in [5.74, 6) is -0.691. The molecule has 7 nitrogen and oxygen atoms in total. The molecule has 2 aromatic carbocycles. The fourth-order valence-corrected chi connectivity index (χ4v) is 4.22. The number of ether oxygens (including phenoxy) is 1. The lowest BCUT2D eigenvalue weighted by Gasteiger charge is -2.17. The molecule has 2 N–H and O–H groups in total. The predicted molar refractivity (Wildman–Crippen MR) is 118 cm³/mol. The van der Waals surface area contributed by atoms with Crippen LogP contribution in [0.3, 0.4) is 0 Å². The number of thioether (sulfide) groups is 1. The van der Waals surface area contributed by atoms with Gasteiger partial charge in [-0.25, -0.2) is 8.42 Å². The summed E-state index contributed by atoms with van der Waals surface area (Å²) in [7, 11) is -3.88. The summed E-state index contributed by atoms with van der Waals surface area (Å²) in [5, 5.41) is 2.67. The first-order valence-electron chi connectivity index (χ1n) is 9.37. The van der Waals surface area contributed by atoms with E-state index < -0.39 is 34.5 Å². The van der Waals surface area contributed by atoms with Crippen molar-refractivity contribution in [1.29, 1.82) is 0 Å². The van der Waals surface area contributed by atoms with Crippen molar-refractivity contribution in [1.82, 2.24) is 10.0 Å². The van der Waals surface area contributed by atoms with Crippen LogP contribution in [-0.4, -0.2) is 45.0 Å². The van der Waals surface area contributed by atoms with Gasteiger partial charge in [0.15, 0.2) is 6.61 Å². The standard InChI is InChI=1S/C21H26N2O5S2/c1-16-8-10-17(11-9-16)14-22-20(24)15-28-21(25)19(12-13-29-2)23-30(26,27)18-6-4-3-5-7-18/h3-11,19,23H,12-15H2,1-2H3,(H,22,24). The van der Waals surface area contributed by atoms with E-state index in [2.05, 4.69) is 10.0 Å². The molecule has 2 aromatic rings. The molecular weight excluding hydrogens is 424 g/mol. The highest BCUT2D eigenvalue weighted by molar-refractivity contribution is 7.98. The molecule has 1 atom stereocenters. The molecule has 0 spiro atoms. The number of hydrogen-bond donors (Lipinski definition) is 2. The van der Waals surface area contributed by atoms with E-state index in [0.29, 0.717) is 12.3 Å². The number of carbonyl (C=O) groups excluding carboxylic acids is 2. The van der Waals surface area contributed by atoms with Gasteiger partial charge in [-0.2, -0.15) is 16.5 Å². The number of aryl methyl sites for hydroxylation is 1. The van der Waals surface area contributed by atoms with Crippen LogP contribution in [0.15, 0.2) is 59.5 Å². The quantitative estimate of drug-likeness (QED) is 0.509. The van der Waals surface area contributed by atoms with Crippen LogP contribution in [0.25, 0.3) is 0 Å². The number of hydrogen-bond acceptors (Lipinski definition) is 6. The van der Waals surface area contributed by atoms with Gasteiger partial charge in [-0.15, -0.1) is 0 Å². The second-order valence-electron chi connectivity index (χ2n) is 6.64. The van der Waals surface area contributed by atoms with Crippen LogP contribution in [0.2, 0.25) is 0 Å². The molecule has 0 saturated carbocycles. The number of nitrogens with one attached hydrogen (secondary N) is 2. The van der Waals surface area contributed by atoms with Crippen LogP contribution in [0.4, 0.5) is 0 Å². The summed E-state index contributed by atoms with van der Waals surface area (Å²) in [5.41, 5.74) is 2.04. The van der Waals surface area contributed by atoms with Crippen molar-refractivity contribution >= 4 is 33.7 Å². The van der Waals surface area contributed by atoms with Gasteiger partial charge in [0.1, 0.15) is 6.04 Å². The zero-order valence-corrected chi connectivity index (χ0v) is 18.6. The molecule has 9 heteroatoms. The Morgan fingerprint density at radius 1 is 1.07 bits per heavy atom. The first-order chi connectivity index (χ1) is 14.3. The molecule has 0 heterocycles. The van der Waals surface area contributed by atoms with Crippen molar-refractivity contribution in [3.63, 3.8) is 0 Å². The number of carbonyl (C=O) groups is 2. The molecule has 1 unspecified atom stereocenters.